The molecule has 1 heterocycles. The normalized spacial score (nSPS) is 11.3. The summed E-state index contributed by atoms with van der Waals surface area (Å²) in [6, 6.07) is 16.5. The SMILES string of the molecule is O=C(N/N=C/C=C/c1ccccc1)c1n[nH]c(=O)c2ccccc12. The average molecular weight is 318 g/mol. The van der Waals surface area contributed by atoms with E-state index in [0.717, 1.165) is 5.56 Å². The highest BCUT2D eigenvalue weighted by molar-refractivity contribution is 6.04. The number of amides is 1. The molecule has 0 saturated carbocycles. The van der Waals surface area contributed by atoms with Gasteiger partial charge in [0.25, 0.3) is 11.5 Å². The van der Waals surface area contributed by atoms with Crippen molar-refractivity contribution in [3.8, 4) is 0 Å². The Hall–Kier alpha value is -3.54. The number of allylic oxidation sites excluding steroid dienone is 1. The molecule has 2 N–H and O–H groups in total. The molecule has 6 heteroatoms. The summed E-state index contributed by atoms with van der Waals surface area (Å²) in [6.07, 6.45) is 5.05. The number of H-pyrrole nitrogens is 1. The summed E-state index contributed by atoms with van der Waals surface area (Å²) in [6.45, 7) is 0. The molecule has 0 spiro atoms. The molecule has 2 aromatic carbocycles. The molecule has 118 valence electrons. The highest BCUT2D eigenvalue weighted by Gasteiger charge is 2.12. The fourth-order valence-electron chi connectivity index (χ4n) is 2.20. The van der Waals surface area contributed by atoms with Gasteiger partial charge in [-0.15, -0.1) is 0 Å². The number of rotatable bonds is 4. The van der Waals surface area contributed by atoms with Crippen molar-refractivity contribution in [3.05, 3.63) is 82.3 Å². The zero-order valence-corrected chi connectivity index (χ0v) is 12.6. The molecule has 0 saturated heterocycles. The van der Waals surface area contributed by atoms with Crippen LogP contribution >= 0.6 is 0 Å². The Morgan fingerprint density at radius 2 is 1.75 bits per heavy atom. The van der Waals surface area contributed by atoms with E-state index in [1.807, 2.05) is 36.4 Å². The highest BCUT2D eigenvalue weighted by Crippen LogP contribution is 2.11. The van der Waals surface area contributed by atoms with Crippen LogP contribution in [0.5, 0.6) is 0 Å². The van der Waals surface area contributed by atoms with E-state index in [4.69, 9.17) is 0 Å². The molecular formula is C18H14N4O2. The number of carbonyl (C=O) groups excluding carboxylic acids is 1. The fourth-order valence-corrected chi connectivity index (χ4v) is 2.20. The minimum absolute atomic E-state index is 0.120. The van der Waals surface area contributed by atoms with Gasteiger partial charge in [0.2, 0.25) is 0 Å². The van der Waals surface area contributed by atoms with Crippen LogP contribution in [0.1, 0.15) is 16.1 Å². The summed E-state index contributed by atoms with van der Waals surface area (Å²) in [5, 5.41) is 10.9. The van der Waals surface area contributed by atoms with Crippen molar-refractivity contribution < 1.29 is 4.79 Å². The van der Waals surface area contributed by atoms with E-state index >= 15 is 0 Å². The number of nitrogens with zero attached hydrogens (tertiary/aromatic N) is 2. The third kappa shape index (κ3) is 3.44. The van der Waals surface area contributed by atoms with Gasteiger partial charge >= 0.3 is 0 Å². The van der Waals surface area contributed by atoms with Crippen LogP contribution in [0.4, 0.5) is 0 Å². The predicted molar refractivity (Wildman–Crippen MR) is 93.8 cm³/mol. The molecule has 0 aliphatic heterocycles. The van der Waals surface area contributed by atoms with E-state index in [-0.39, 0.29) is 11.3 Å². The van der Waals surface area contributed by atoms with Gasteiger partial charge in [0, 0.05) is 11.6 Å². The first-order chi connectivity index (χ1) is 11.8. The lowest BCUT2D eigenvalue weighted by atomic mass is 10.1. The number of benzene rings is 2. The topological polar surface area (TPSA) is 87.2 Å². The molecule has 0 fully saturated rings. The van der Waals surface area contributed by atoms with Crippen molar-refractivity contribution in [2.45, 2.75) is 0 Å². The Morgan fingerprint density at radius 3 is 2.54 bits per heavy atom. The summed E-state index contributed by atoms with van der Waals surface area (Å²) < 4.78 is 0. The largest absolute Gasteiger partial charge is 0.292 e. The maximum absolute atomic E-state index is 12.2. The minimum Gasteiger partial charge on any atom is -0.267 e. The second-order valence-corrected chi connectivity index (χ2v) is 4.94. The van der Waals surface area contributed by atoms with Gasteiger partial charge < -0.3 is 0 Å². The number of fused-ring (bicyclic) bond motifs is 1. The van der Waals surface area contributed by atoms with E-state index in [1.165, 1.54) is 6.21 Å². The Bertz CT molecular complexity index is 975. The molecule has 0 aliphatic carbocycles. The summed E-state index contributed by atoms with van der Waals surface area (Å²) in [7, 11) is 0. The van der Waals surface area contributed by atoms with Gasteiger partial charge in [0.05, 0.1) is 5.39 Å². The van der Waals surface area contributed by atoms with Crippen LogP contribution in [-0.4, -0.2) is 22.3 Å². The molecule has 3 rings (SSSR count). The van der Waals surface area contributed by atoms with Gasteiger partial charge in [-0.1, -0.05) is 54.6 Å². The van der Waals surface area contributed by atoms with Crippen LogP contribution in [0.3, 0.4) is 0 Å². The maximum atomic E-state index is 12.2. The third-order valence-electron chi connectivity index (χ3n) is 3.33. The summed E-state index contributed by atoms with van der Waals surface area (Å²) in [4.78, 5) is 23.9. The van der Waals surface area contributed by atoms with Crippen LogP contribution < -0.4 is 11.0 Å². The van der Waals surface area contributed by atoms with Crippen molar-refractivity contribution >= 4 is 29.0 Å². The first-order valence-electron chi connectivity index (χ1n) is 7.28. The first-order valence-corrected chi connectivity index (χ1v) is 7.28. The molecule has 1 amide bonds. The molecule has 6 nitrogen and oxygen atoms in total. The van der Waals surface area contributed by atoms with E-state index in [1.54, 1.807) is 30.3 Å². The number of aromatic nitrogens is 2. The van der Waals surface area contributed by atoms with Gasteiger partial charge in [0.15, 0.2) is 5.69 Å². The monoisotopic (exact) mass is 318 g/mol. The van der Waals surface area contributed by atoms with Crippen molar-refractivity contribution in [2.24, 2.45) is 5.10 Å². The van der Waals surface area contributed by atoms with Crippen molar-refractivity contribution in [2.75, 3.05) is 0 Å². The molecule has 0 aliphatic rings. The Labute approximate surface area is 137 Å². The zero-order valence-electron chi connectivity index (χ0n) is 12.6. The Morgan fingerprint density at radius 1 is 1.04 bits per heavy atom. The summed E-state index contributed by atoms with van der Waals surface area (Å²) >= 11 is 0. The standard InChI is InChI=1S/C18H14N4O2/c23-17-15-11-5-4-10-14(15)16(20-22-17)18(24)21-19-12-6-9-13-7-2-1-3-8-13/h1-12H,(H,21,24)(H,22,23)/b9-6+,19-12+. The second kappa shape index (κ2) is 7.15. The van der Waals surface area contributed by atoms with E-state index < -0.39 is 5.91 Å². The van der Waals surface area contributed by atoms with Crippen molar-refractivity contribution in [1.29, 1.82) is 0 Å². The molecule has 0 bridgehead atoms. The number of carbonyl (C=O) groups is 1. The molecule has 1 aromatic heterocycles. The third-order valence-corrected chi connectivity index (χ3v) is 3.33. The summed E-state index contributed by atoms with van der Waals surface area (Å²) in [5.74, 6) is -0.494. The number of hydrogen-bond acceptors (Lipinski definition) is 4. The smallest absolute Gasteiger partial charge is 0.267 e. The van der Waals surface area contributed by atoms with E-state index in [9.17, 15) is 9.59 Å². The molecule has 0 radical (unpaired) electrons. The number of nitrogens with one attached hydrogen (secondary N) is 2. The van der Waals surface area contributed by atoms with Crippen LogP contribution in [0, 0.1) is 0 Å². The number of hydrogen-bond donors (Lipinski definition) is 2. The van der Waals surface area contributed by atoms with Crippen LogP contribution in [0.15, 0.2) is 70.6 Å². The van der Waals surface area contributed by atoms with E-state index in [2.05, 4.69) is 20.7 Å². The Kier molecular flexibility index (Phi) is 4.57. The molecular weight excluding hydrogens is 304 g/mol. The Balaban J connectivity index is 1.72. The number of hydrazone groups is 1. The van der Waals surface area contributed by atoms with Crippen LogP contribution in [0.25, 0.3) is 16.8 Å². The van der Waals surface area contributed by atoms with Gasteiger partial charge in [-0.3, -0.25) is 9.59 Å². The summed E-state index contributed by atoms with van der Waals surface area (Å²) in [5.41, 5.74) is 3.21. The van der Waals surface area contributed by atoms with Gasteiger partial charge in [-0.2, -0.15) is 10.2 Å². The lowest BCUT2D eigenvalue weighted by Crippen LogP contribution is -2.22. The lowest BCUT2D eigenvalue weighted by Gasteiger charge is -2.02. The van der Waals surface area contributed by atoms with Gasteiger partial charge in [-0.25, -0.2) is 10.5 Å². The van der Waals surface area contributed by atoms with Crippen molar-refractivity contribution in [3.63, 3.8) is 0 Å². The van der Waals surface area contributed by atoms with E-state index in [0.29, 0.717) is 10.8 Å². The quantitative estimate of drug-likeness (QED) is 0.572. The minimum atomic E-state index is -0.494. The lowest BCUT2D eigenvalue weighted by molar-refractivity contribution is 0.0951. The predicted octanol–water partition coefficient (Wildman–Crippen LogP) is 2.35. The van der Waals surface area contributed by atoms with Crippen LogP contribution in [-0.2, 0) is 0 Å². The van der Waals surface area contributed by atoms with Gasteiger partial charge in [0.1, 0.15) is 0 Å². The zero-order chi connectivity index (χ0) is 16.8. The molecule has 0 unspecified atom stereocenters. The molecule has 24 heavy (non-hydrogen) atoms. The molecule has 0 atom stereocenters. The average Bonchev–Trinajstić information content (AvgIpc) is 2.63. The van der Waals surface area contributed by atoms with Gasteiger partial charge in [-0.05, 0) is 17.7 Å². The molecule has 3 aromatic rings. The van der Waals surface area contributed by atoms with Crippen LogP contribution in [0.2, 0.25) is 0 Å². The first kappa shape index (κ1) is 15.4. The maximum Gasteiger partial charge on any atom is 0.292 e. The second-order valence-electron chi connectivity index (χ2n) is 4.94. The number of aromatic amines is 1. The highest BCUT2D eigenvalue weighted by atomic mass is 16.2. The fraction of sp³-hybridized carbons (Fsp3) is 0. The van der Waals surface area contributed by atoms with Crippen molar-refractivity contribution in [1.82, 2.24) is 15.6 Å².